The van der Waals surface area contributed by atoms with Crippen LogP contribution in [0.5, 0.6) is 0 Å². The summed E-state index contributed by atoms with van der Waals surface area (Å²) in [7, 11) is 0. The number of nitrogens with zero attached hydrogens (tertiary/aromatic N) is 2. The Balaban J connectivity index is 2.38. The molecule has 0 fully saturated rings. The molecule has 4 nitrogen and oxygen atoms in total. The summed E-state index contributed by atoms with van der Waals surface area (Å²) in [5.41, 5.74) is 6.20. The Hall–Kier alpha value is -2.02. The van der Waals surface area contributed by atoms with Crippen molar-refractivity contribution in [2.45, 2.75) is 17.0 Å². The number of nitrogens with two attached hydrogens (primary N) is 1. The Morgan fingerprint density at radius 3 is 2.68 bits per heavy atom. The minimum atomic E-state index is -0.555. The van der Waals surface area contributed by atoms with Crippen molar-refractivity contribution in [3.63, 3.8) is 0 Å². The van der Waals surface area contributed by atoms with Crippen LogP contribution >= 0.6 is 11.8 Å². The lowest BCUT2D eigenvalue weighted by molar-refractivity contribution is 0.577. The van der Waals surface area contributed by atoms with Gasteiger partial charge in [-0.1, -0.05) is 0 Å². The summed E-state index contributed by atoms with van der Waals surface area (Å²) >= 11 is 0.885. The normalized spacial score (nSPS) is 10.5. The van der Waals surface area contributed by atoms with Gasteiger partial charge in [-0.15, -0.1) is 0 Å². The maximum Gasteiger partial charge on any atom is 0.193 e. The molecule has 0 aliphatic heterocycles. The number of nitrogens with one attached hydrogen (secondary N) is 1. The number of amidine groups is 1. The van der Waals surface area contributed by atoms with Gasteiger partial charge in [-0.2, -0.15) is 0 Å². The molecule has 0 spiro atoms. The minimum absolute atomic E-state index is 0.0834. The molecule has 98 valence electrons. The molecule has 0 saturated carbocycles. The number of halogens is 2. The molecule has 0 amide bonds. The monoisotopic (exact) mass is 280 g/mol. The minimum Gasteiger partial charge on any atom is -0.382 e. The van der Waals surface area contributed by atoms with Gasteiger partial charge < -0.3 is 5.73 Å². The van der Waals surface area contributed by atoms with Gasteiger partial charge in [-0.05, 0) is 43.0 Å². The summed E-state index contributed by atoms with van der Waals surface area (Å²) in [4.78, 5) is 8.19. The Kier molecular flexibility index (Phi) is 3.75. The molecule has 2 aromatic rings. The highest BCUT2D eigenvalue weighted by atomic mass is 32.2. The second-order valence-corrected chi connectivity index (χ2v) is 4.78. The third-order valence-corrected chi connectivity index (χ3v) is 3.10. The van der Waals surface area contributed by atoms with Crippen LogP contribution in [0.3, 0.4) is 0 Å². The first-order valence-electron chi connectivity index (χ1n) is 5.28. The molecule has 0 aliphatic carbocycles. The smallest absolute Gasteiger partial charge is 0.193 e. The summed E-state index contributed by atoms with van der Waals surface area (Å²) < 4.78 is 26.6. The van der Waals surface area contributed by atoms with Crippen LogP contribution in [0.4, 0.5) is 8.78 Å². The van der Waals surface area contributed by atoms with Crippen molar-refractivity contribution in [3.05, 3.63) is 47.3 Å². The van der Waals surface area contributed by atoms with E-state index < -0.39 is 11.6 Å². The van der Waals surface area contributed by atoms with E-state index in [4.69, 9.17) is 11.1 Å². The molecule has 2 rings (SSSR count). The molecule has 0 aliphatic rings. The van der Waals surface area contributed by atoms with Crippen molar-refractivity contribution in [1.82, 2.24) is 9.97 Å². The highest BCUT2D eigenvalue weighted by Gasteiger charge is 2.10. The predicted octanol–water partition coefficient (Wildman–Crippen LogP) is 2.50. The summed E-state index contributed by atoms with van der Waals surface area (Å²) in [6, 6.07) is 4.70. The first-order chi connectivity index (χ1) is 8.95. The fraction of sp³-hybridized carbons (Fsp3) is 0.0833. The summed E-state index contributed by atoms with van der Waals surface area (Å²) in [5.74, 6) is -1.30. The topological polar surface area (TPSA) is 75.7 Å². The van der Waals surface area contributed by atoms with Crippen LogP contribution in [0.15, 0.2) is 34.3 Å². The third-order valence-electron chi connectivity index (χ3n) is 2.20. The summed E-state index contributed by atoms with van der Waals surface area (Å²) in [5, 5.41) is 7.55. The van der Waals surface area contributed by atoms with Crippen molar-refractivity contribution >= 4 is 17.6 Å². The summed E-state index contributed by atoms with van der Waals surface area (Å²) in [6.07, 6.45) is 0. The van der Waals surface area contributed by atoms with E-state index in [0.29, 0.717) is 5.69 Å². The average Bonchev–Trinajstić information content (AvgIpc) is 2.33. The Labute approximate surface area is 112 Å². The van der Waals surface area contributed by atoms with Crippen molar-refractivity contribution in [1.29, 1.82) is 5.41 Å². The summed E-state index contributed by atoms with van der Waals surface area (Å²) in [6.45, 7) is 1.71. The van der Waals surface area contributed by atoms with Gasteiger partial charge in [-0.25, -0.2) is 18.7 Å². The van der Waals surface area contributed by atoms with Gasteiger partial charge in [0.15, 0.2) is 5.16 Å². The fourth-order valence-corrected chi connectivity index (χ4v) is 2.25. The lowest BCUT2D eigenvalue weighted by atomic mass is 10.3. The highest BCUT2D eigenvalue weighted by molar-refractivity contribution is 7.99. The zero-order chi connectivity index (χ0) is 14.0. The van der Waals surface area contributed by atoms with Crippen LogP contribution in [-0.4, -0.2) is 15.8 Å². The van der Waals surface area contributed by atoms with Gasteiger partial charge in [0.1, 0.15) is 23.2 Å². The van der Waals surface area contributed by atoms with Crippen LogP contribution in [0, 0.1) is 24.0 Å². The molecule has 1 heterocycles. The molecule has 3 N–H and O–H groups in total. The first kappa shape index (κ1) is 13.4. The predicted molar refractivity (Wildman–Crippen MR) is 68.3 cm³/mol. The fourth-order valence-electron chi connectivity index (χ4n) is 1.38. The molecule has 0 unspecified atom stereocenters. The zero-order valence-corrected chi connectivity index (χ0v) is 10.8. The van der Waals surface area contributed by atoms with Crippen LogP contribution in [0.1, 0.15) is 11.4 Å². The van der Waals surface area contributed by atoms with Crippen LogP contribution in [-0.2, 0) is 0 Å². The van der Waals surface area contributed by atoms with Crippen molar-refractivity contribution < 1.29 is 8.78 Å². The molecule has 0 radical (unpaired) electrons. The Bertz CT molecular complexity index is 646. The SMILES string of the molecule is Cc1cc(C(=N)N)nc(Sc2cc(F)ccc2F)n1. The molecular weight excluding hydrogens is 270 g/mol. The van der Waals surface area contributed by atoms with E-state index in [1.54, 1.807) is 13.0 Å². The quantitative estimate of drug-likeness (QED) is 0.514. The number of hydrogen-bond acceptors (Lipinski definition) is 4. The molecule has 0 saturated heterocycles. The standard InChI is InChI=1S/C12H10F2N4S/c1-6-4-9(11(15)16)18-12(17-6)19-10-5-7(13)2-3-8(10)14/h2-5H,1H3,(H3,15,16). The lowest BCUT2D eigenvalue weighted by Gasteiger charge is -2.05. The van der Waals surface area contributed by atoms with E-state index in [1.807, 2.05) is 0 Å². The van der Waals surface area contributed by atoms with Crippen LogP contribution in [0.25, 0.3) is 0 Å². The number of rotatable bonds is 3. The maximum absolute atomic E-state index is 13.5. The van der Waals surface area contributed by atoms with Gasteiger partial charge in [0.2, 0.25) is 0 Å². The van der Waals surface area contributed by atoms with E-state index >= 15 is 0 Å². The highest BCUT2D eigenvalue weighted by Crippen LogP contribution is 2.28. The zero-order valence-electron chi connectivity index (χ0n) is 9.95. The number of aryl methyl sites for hydroxylation is 1. The third kappa shape index (κ3) is 3.25. The molecule has 1 aromatic heterocycles. The van der Waals surface area contributed by atoms with Gasteiger partial charge >= 0.3 is 0 Å². The van der Waals surface area contributed by atoms with Crippen LogP contribution in [0.2, 0.25) is 0 Å². The molecule has 0 bridgehead atoms. The van der Waals surface area contributed by atoms with Crippen LogP contribution < -0.4 is 5.73 Å². The van der Waals surface area contributed by atoms with E-state index in [9.17, 15) is 8.78 Å². The molecule has 0 atom stereocenters. The second-order valence-electron chi connectivity index (χ2n) is 3.77. The van der Waals surface area contributed by atoms with Gasteiger partial charge in [0.25, 0.3) is 0 Å². The molecule has 19 heavy (non-hydrogen) atoms. The number of benzene rings is 1. The average molecular weight is 280 g/mol. The first-order valence-corrected chi connectivity index (χ1v) is 6.10. The number of nitrogen functional groups attached to an aromatic ring is 1. The second kappa shape index (κ2) is 5.31. The molecule has 1 aromatic carbocycles. The van der Waals surface area contributed by atoms with E-state index in [-0.39, 0.29) is 21.6 Å². The lowest BCUT2D eigenvalue weighted by Crippen LogP contribution is -2.14. The number of aromatic nitrogens is 2. The Morgan fingerprint density at radius 1 is 1.26 bits per heavy atom. The largest absolute Gasteiger partial charge is 0.382 e. The van der Waals surface area contributed by atoms with Crippen molar-refractivity contribution in [2.75, 3.05) is 0 Å². The van der Waals surface area contributed by atoms with Crippen molar-refractivity contribution in [2.24, 2.45) is 5.73 Å². The number of hydrogen-bond donors (Lipinski definition) is 2. The van der Waals surface area contributed by atoms with E-state index in [0.717, 1.165) is 30.0 Å². The van der Waals surface area contributed by atoms with Gasteiger partial charge in [0, 0.05) is 5.69 Å². The van der Waals surface area contributed by atoms with E-state index in [2.05, 4.69) is 9.97 Å². The maximum atomic E-state index is 13.5. The van der Waals surface area contributed by atoms with Gasteiger partial charge in [0.05, 0.1) is 4.90 Å². The van der Waals surface area contributed by atoms with E-state index in [1.165, 1.54) is 0 Å². The van der Waals surface area contributed by atoms with Gasteiger partial charge in [-0.3, -0.25) is 5.41 Å². The Morgan fingerprint density at radius 2 is 2.00 bits per heavy atom. The molecule has 7 heteroatoms. The van der Waals surface area contributed by atoms with Crippen molar-refractivity contribution in [3.8, 4) is 0 Å². The molecular formula is C12H10F2N4S.